The minimum atomic E-state index is -0.394. The Kier molecular flexibility index (Phi) is 6.91. The second kappa shape index (κ2) is 7.97. The topological polar surface area (TPSA) is 56.2 Å². The first-order valence-electron chi connectivity index (χ1n) is 5.99. The zero-order valence-electron chi connectivity index (χ0n) is 10.1. The molecule has 0 aromatic rings. The van der Waals surface area contributed by atoms with Crippen LogP contribution in [-0.2, 0) is 4.74 Å². The van der Waals surface area contributed by atoms with E-state index in [1.807, 2.05) is 0 Å². The molecule has 0 aromatic carbocycles. The summed E-state index contributed by atoms with van der Waals surface area (Å²) in [7, 11) is 1.61. The predicted molar refractivity (Wildman–Crippen MR) is 62.5 cm³/mol. The molecule has 0 aromatic heterocycles. The normalized spacial score (nSPS) is 21.9. The fourth-order valence-corrected chi connectivity index (χ4v) is 2.12. The summed E-state index contributed by atoms with van der Waals surface area (Å²) in [5, 5.41) is 18.5. The van der Waals surface area contributed by atoms with Gasteiger partial charge in [-0.2, -0.15) is 0 Å². The maximum absolute atomic E-state index is 9.64. The number of aliphatic hydroxyl groups excluding tert-OH is 2. The molecule has 5 nitrogen and oxygen atoms in total. The van der Waals surface area contributed by atoms with E-state index in [-0.39, 0.29) is 6.61 Å². The van der Waals surface area contributed by atoms with Crippen LogP contribution in [0.3, 0.4) is 0 Å². The summed E-state index contributed by atoms with van der Waals surface area (Å²) in [6.07, 6.45) is 0.703. The third kappa shape index (κ3) is 5.23. The molecule has 0 saturated carbocycles. The highest BCUT2D eigenvalue weighted by Gasteiger charge is 2.16. The third-order valence-corrected chi connectivity index (χ3v) is 2.93. The van der Waals surface area contributed by atoms with Gasteiger partial charge in [-0.1, -0.05) is 0 Å². The van der Waals surface area contributed by atoms with Gasteiger partial charge >= 0.3 is 0 Å². The first-order valence-corrected chi connectivity index (χ1v) is 5.99. The zero-order valence-corrected chi connectivity index (χ0v) is 10.1. The molecule has 1 aliphatic rings. The molecule has 0 amide bonds. The first-order chi connectivity index (χ1) is 7.76. The number of hydrogen-bond donors (Lipinski definition) is 2. The van der Waals surface area contributed by atoms with E-state index in [0.29, 0.717) is 13.2 Å². The van der Waals surface area contributed by atoms with E-state index in [1.54, 1.807) is 7.11 Å². The number of aliphatic hydroxyl groups is 2. The number of rotatable bonds is 6. The van der Waals surface area contributed by atoms with Crippen LogP contribution in [0.25, 0.3) is 0 Å². The van der Waals surface area contributed by atoms with Gasteiger partial charge in [0.1, 0.15) is 0 Å². The van der Waals surface area contributed by atoms with E-state index in [1.165, 1.54) is 0 Å². The number of ether oxygens (including phenoxy) is 1. The second-order valence-electron chi connectivity index (χ2n) is 4.33. The summed E-state index contributed by atoms with van der Waals surface area (Å²) in [5.41, 5.74) is 0. The molecule has 0 aliphatic carbocycles. The fourth-order valence-electron chi connectivity index (χ4n) is 2.12. The predicted octanol–water partition coefficient (Wildman–Crippen LogP) is -1.01. The molecule has 1 atom stereocenters. The zero-order chi connectivity index (χ0) is 11.8. The largest absolute Gasteiger partial charge is 0.395 e. The molecular weight excluding hydrogens is 208 g/mol. The van der Waals surface area contributed by atoms with Crippen LogP contribution in [-0.4, -0.2) is 85.7 Å². The van der Waals surface area contributed by atoms with Crippen molar-refractivity contribution in [1.82, 2.24) is 9.80 Å². The van der Waals surface area contributed by atoms with Gasteiger partial charge in [0, 0.05) is 33.3 Å². The Morgan fingerprint density at radius 2 is 1.88 bits per heavy atom. The average Bonchev–Trinajstić information content (AvgIpc) is 2.45. The summed E-state index contributed by atoms with van der Waals surface area (Å²) < 4.78 is 4.92. The fraction of sp³-hybridized carbons (Fsp3) is 1.00. The molecule has 1 fully saturated rings. The summed E-state index contributed by atoms with van der Waals surface area (Å²) in [4.78, 5) is 4.53. The summed E-state index contributed by atoms with van der Waals surface area (Å²) in [6.45, 7) is 6.06. The maximum atomic E-state index is 9.64. The van der Waals surface area contributed by atoms with E-state index >= 15 is 0 Å². The van der Waals surface area contributed by atoms with Crippen LogP contribution < -0.4 is 0 Å². The first kappa shape index (κ1) is 13.9. The maximum Gasteiger partial charge on any atom is 0.0900 e. The second-order valence-corrected chi connectivity index (χ2v) is 4.33. The Bertz CT molecular complexity index is 181. The highest BCUT2D eigenvalue weighted by molar-refractivity contribution is 4.71. The van der Waals surface area contributed by atoms with Crippen molar-refractivity contribution < 1.29 is 14.9 Å². The molecule has 0 bridgehead atoms. The van der Waals surface area contributed by atoms with Crippen molar-refractivity contribution in [3.63, 3.8) is 0 Å². The molecule has 2 N–H and O–H groups in total. The quantitative estimate of drug-likeness (QED) is 0.615. The smallest absolute Gasteiger partial charge is 0.0900 e. The summed E-state index contributed by atoms with van der Waals surface area (Å²) in [5.74, 6) is 0. The Morgan fingerprint density at radius 1 is 1.19 bits per heavy atom. The van der Waals surface area contributed by atoms with Gasteiger partial charge in [0.25, 0.3) is 0 Å². The van der Waals surface area contributed by atoms with Crippen LogP contribution in [0.4, 0.5) is 0 Å². The number of β-amino-alcohol motifs (C(OH)–C–C–N with tert-alkyl or cyclic N) is 2. The van der Waals surface area contributed by atoms with Crippen LogP contribution in [0.15, 0.2) is 0 Å². The van der Waals surface area contributed by atoms with Crippen molar-refractivity contribution in [3.05, 3.63) is 0 Å². The third-order valence-electron chi connectivity index (χ3n) is 2.93. The Labute approximate surface area is 97.6 Å². The molecule has 16 heavy (non-hydrogen) atoms. The van der Waals surface area contributed by atoms with E-state index in [2.05, 4.69) is 9.80 Å². The van der Waals surface area contributed by atoms with E-state index in [0.717, 1.165) is 39.1 Å². The molecule has 5 heteroatoms. The molecule has 1 rings (SSSR count). The minimum absolute atomic E-state index is 0.228. The van der Waals surface area contributed by atoms with E-state index < -0.39 is 6.10 Å². The lowest BCUT2D eigenvalue weighted by Crippen LogP contribution is -2.37. The van der Waals surface area contributed by atoms with Crippen molar-refractivity contribution in [3.8, 4) is 0 Å². The van der Waals surface area contributed by atoms with Gasteiger partial charge in [-0.3, -0.25) is 9.80 Å². The van der Waals surface area contributed by atoms with Crippen molar-refractivity contribution in [2.24, 2.45) is 0 Å². The molecule has 1 aliphatic heterocycles. The summed E-state index contributed by atoms with van der Waals surface area (Å²) in [6, 6.07) is 0. The number of nitrogens with zero attached hydrogens (tertiary/aromatic N) is 2. The van der Waals surface area contributed by atoms with Crippen LogP contribution in [0.5, 0.6) is 0 Å². The number of methoxy groups -OCH3 is 1. The van der Waals surface area contributed by atoms with Crippen molar-refractivity contribution in [1.29, 1.82) is 0 Å². The van der Waals surface area contributed by atoms with Crippen LogP contribution in [0.2, 0.25) is 0 Å². The molecule has 1 unspecified atom stereocenters. The Hall–Kier alpha value is -0.200. The minimum Gasteiger partial charge on any atom is -0.395 e. The van der Waals surface area contributed by atoms with Gasteiger partial charge in [-0.25, -0.2) is 0 Å². The van der Waals surface area contributed by atoms with Crippen molar-refractivity contribution >= 4 is 0 Å². The van der Waals surface area contributed by atoms with Gasteiger partial charge in [0.2, 0.25) is 0 Å². The molecule has 0 spiro atoms. The lowest BCUT2D eigenvalue weighted by molar-refractivity contribution is 0.0384. The Balaban J connectivity index is 2.24. The molecule has 1 saturated heterocycles. The van der Waals surface area contributed by atoms with Crippen LogP contribution in [0, 0.1) is 0 Å². The van der Waals surface area contributed by atoms with Crippen molar-refractivity contribution in [2.75, 3.05) is 59.6 Å². The summed E-state index contributed by atoms with van der Waals surface area (Å²) >= 11 is 0. The SMILES string of the molecule is COCC(O)CN1CCCN(CCO)CC1. The number of hydrogen-bond acceptors (Lipinski definition) is 5. The standard InChI is InChI=1S/C11H24N2O3/c1-16-10-11(15)9-13-4-2-3-12(5-6-13)7-8-14/h11,14-15H,2-10H2,1H3. The molecular formula is C11H24N2O3. The van der Waals surface area contributed by atoms with Gasteiger partial charge in [-0.05, 0) is 19.5 Å². The van der Waals surface area contributed by atoms with Gasteiger partial charge in [0.05, 0.1) is 19.3 Å². The van der Waals surface area contributed by atoms with Gasteiger partial charge < -0.3 is 14.9 Å². The molecule has 96 valence electrons. The lowest BCUT2D eigenvalue weighted by atomic mass is 10.3. The highest BCUT2D eigenvalue weighted by atomic mass is 16.5. The Morgan fingerprint density at radius 3 is 2.56 bits per heavy atom. The van der Waals surface area contributed by atoms with E-state index in [9.17, 15) is 5.11 Å². The van der Waals surface area contributed by atoms with Gasteiger partial charge in [-0.15, -0.1) is 0 Å². The van der Waals surface area contributed by atoms with Gasteiger partial charge in [0.15, 0.2) is 0 Å². The monoisotopic (exact) mass is 232 g/mol. The highest BCUT2D eigenvalue weighted by Crippen LogP contribution is 2.03. The average molecular weight is 232 g/mol. The van der Waals surface area contributed by atoms with Crippen LogP contribution >= 0.6 is 0 Å². The molecule has 0 radical (unpaired) electrons. The molecule has 1 heterocycles. The van der Waals surface area contributed by atoms with E-state index in [4.69, 9.17) is 9.84 Å². The van der Waals surface area contributed by atoms with Crippen LogP contribution in [0.1, 0.15) is 6.42 Å². The lowest BCUT2D eigenvalue weighted by Gasteiger charge is -2.23. The van der Waals surface area contributed by atoms with Crippen molar-refractivity contribution in [2.45, 2.75) is 12.5 Å².